The highest BCUT2D eigenvalue weighted by Gasteiger charge is 2.00. The quantitative estimate of drug-likeness (QED) is 0.720. The molecule has 0 fully saturated rings. The van der Waals surface area contributed by atoms with E-state index < -0.39 is 11.1 Å². The second-order valence-electron chi connectivity index (χ2n) is 3.04. The largest absolute Gasteiger partial charge is 0.768 e. The third-order valence-electron chi connectivity index (χ3n) is 1.93. The lowest BCUT2D eigenvalue weighted by atomic mass is 10.3. The summed E-state index contributed by atoms with van der Waals surface area (Å²) in [7, 11) is 0. The van der Waals surface area contributed by atoms with E-state index in [0.717, 1.165) is 6.42 Å². The Labute approximate surface area is 86.4 Å². The van der Waals surface area contributed by atoms with Crippen molar-refractivity contribution in [2.24, 2.45) is 0 Å². The first kappa shape index (κ1) is 11.2. The fourth-order valence-corrected chi connectivity index (χ4v) is 1.30. The monoisotopic (exact) mass is 213 g/mol. The molecule has 0 saturated heterocycles. The molecule has 1 rings (SSSR count). The third-order valence-corrected chi connectivity index (χ3v) is 2.59. The number of hydrogen-bond donors (Lipinski definition) is 0. The summed E-state index contributed by atoms with van der Waals surface area (Å²) in [6.45, 7) is 4.01. The molecular formula is C10H13O3S-. The highest BCUT2D eigenvalue weighted by molar-refractivity contribution is 7.79. The summed E-state index contributed by atoms with van der Waals surface area (Å²) in [4.78, 5) is 0.279. The molecule has 0 bridgehead atoms. The van der Waals surface area contributed by atoms with Crippen LogP contribution >= 0.6 is 0 Å². The zero-order valence-corrected chi connectivity index (χ0v) is 9.04. The fraction of sp³-hybridized carbons (Fsp3) is 0.400. The predicted molar refractivity (Wildman–Crippen MR) is 54.0 cm³/mol. The van der Waals surface area contributed by atoms with Gasteiger partial charge >= 0.3 is 0 Å². The zero-order chi connectivity index (χ0) is 10.6. The predicted octanol–water partition coefficient (Wildman–Crippen LogP) is 2.10. The van der Waals surface area contributed by atoms with Crippen LogP contribution < -0.4 is 4.74 Å². The molecule has 1 aromatic rings. The summed E-state index contributed by atoms with van der Waals surface area (Å²) >= 11 is -2.16. The van der Waals surface area contributed by atoms with Gasteiger partial charge in [0.2, 0.25) is 0 Å². The third kappa shape index (κ3) is 3.12. The Morgan fingerprint density at radius 3 is 2.43 bits per heavy atom. The minimum absolute atomic E-state index is 0.151. The summed E-state index contributed by atoms with van der Waals surface area (Å²) in [5.41, 5.74) is 0. The minimum Gasteiger partial charge on any atom is -0.768 e. The van der Waals surface area contributed by atoms with Crippen LogP contribution in [0, 0.1) is 0 Å². The molecule has 0 aliphatic carbocycles. The van der Waals surface area contributed by atoms with E-state index in [-0.39, 0.29) is 11.0 Å². The van der Waals surface area contributed by atoms with Gasteiger partial charge in [0, 0.05) is 4.90 Å². The molecule has 0 spiro atoms. The molecule has 0 N–H and O–H groups in total. The van der Waals surface area contributed by atoms with E-state index in [1.165, 1.54) is 12.1 Å². The van der Waals surface area contributed by atoms with Crippen molar-refractivity contribution in [1.82, 2.24) is 0 Å². The molecule has 0 aromatic heterocycles. The molecule has 2 atom stereocenters. The standard InChI is InChI=1S/C10H14O3S/c1-3-8(2)13-9-4-6-10(7-5-9)14(11)12/h4-8H,3H2,1-2H3,(H,11,12)/p-1. The van der Waals surface area contributed by atoms with Crippen molar-refractivity contribution in [3.05, 3.63) is 24.3 Å². The van der Waals surface area contributed by atoms with Gasteiger partial charge in [-0.1, -0.05) is 6.92 Å². The van der Waals surface area contributed by atoms with Gasteiger partial charge in [-0.05, 0) is 48.7 Å². The molecule has 0 amide bonds. The van der Waals surface area contributed by atoms with Crippen LogP contribution in [0.1, 0.15) is 20.3 Å². The highest BCUT2D eigenvalue weighted by Crippen LogP contribution is 2.16. The average Bonchev–Trinajstić information content (AvgIpc) is 2.18. The smallest absolute Gasteiger partial charge is 0.119 e. The Kier molecular flexibility index (Phi) is 4.10. The van der Waals surface area contributed by atoms with Crippen LogP contribution in [-0.4, -0.2) is 14.9 Å². The van der Waals surface area contributed by atoms with Crippen molar-refractivity contribution in [2.75, 3.05) is 0 Å². The van der Waals surface area contributed by atoms with Gasteiger partial charge in [0.05, 0.1) is 6.10 Å². The van der Waals surface area contributed by atoms with Crippen LogP contribution in [0.4, 0.5) is 0 Å². The molecule has 0 heterocycles. The van der Waals surface area contributed by atoms with Gasteiger partial charge in [0.15, 0.2) is 0 Å². The van der Waals surface area contributed by atoms with Gasteiger partial charge < -0.3 is 9.29 Å². The number of ether oxygens (including phenoxy) is 1. The summed E-state index contributed by atoms with van der Waals surface area (Å²) in [6.07, 6.45) is 1.08. The SMILES string of the molecule is CCC(C)Oc1ccc(S(=O)[O-])cc1. The van der Waals surface area contributed by atoms with Crippen LogP contribution in [0.25, 0.3) is 0 Å². The molecule has 14 heavy (non-hydrogen) atoms. The first-order valence-electron chi connectivity index (χ1n) is 4.49. The van der Waals surface area contributed by atoms with Gasteiger partial charge in [0.1, 0.15) is 5.75 Å². The van der Waals surface area contributed by atoms with Crippen LogP contribution in [0.5, 0.6) is 5.75 Å². The van der Waals surface area contributed by atoms with Gasteiger partial charge in [-0.3, -0.25) is 4.21 Å². The van der Waals surface area contributed by atoms with Crippen LogP contribution in [0.2, 0.25) is 0 Å². The van der Waals surface area contributed by atoms with Crippen LogP contribution in [0.15, 0.2) is 29.2 Å². The van der Waals surface area contributed by atoms with E-state index in [1.54, 1.807) is 12.1 Å². The lowest BCUT2D eigenvalue weighted by Gasteiger charge is -2.13. The Bertz CT molecular complexity index is 308. The van der Waals surface area contributed by atoms with E-state index in [9.17, 15) is 8.76 Å². The molecule has 0 saturated carbocycles. The molecule has 2 unspecified atom stereocenters. The first-order chi connectivity index (χ1) is 6.63. The van der Waals surface area contributed by atoms with Crippen molar-refractivity contribution in [3.63, 3.8) is 0 Å². The normalized spacial score (nSPS) is 14.8. The molecule has 0 radical (unpaired) electrons. The Hall–Kier alpha value is -0.870. The molecule has 0 aliphatic heterocycles. The van der Waals surface area contributed by atoms with Crippen molar-refractivity contribution in [3.8, 4) is 5.75 Å². The Morgan fingerprint density at radius 1 is 1.43 bits per heavy atom. The van der Waals surface area contributed by atoms with Crippen LogP contribution in [0.3, 0.4) is 0 Å². The van der Waals surface area contributed by atoms with E-state index in [4.69, 9.17) is 4.74 Å². The van der Waals surface area contributed by atoms with E-state index >= 15 is 0 Å². The van der Waals surface area contributed by atoms with Crippen molar-refractivity contribution in [2.45, 2.75) is 31.3 Å². The summed E-state index contributed by atoms with van der Waals surface area (Å²) in [6, 6.07) is 6.39. The Morgan fingerprint density at radius 2 is 2.00 bits per heavy atom. The van der Waals surface area contributed by atoms with Crippen LogP contribution in [-0.2, 0) is 11.1 Å². The maximum absolute atomic E-state index is 10.5. The van der Waals surface area contributed by atoms with E-state index in [1.807, 2.05) is 13.8 Å². The molecule has 3 nitrogen and oxygen atoms in total. The summed E-state index contributed by atoms with van der Waals surface area (Å²) < 4.78 is 26.6. The summed E-state index contributed by atoms with van der Waals surface area (Å²) in [5.74, 6) is 0.702. The number of hydrogen-bond acceptors (Lipinski definition) is 3. The van der Waals surface area contributed by atoms with Gasteiger partial charge in [-0.25, -0.2) is 0 Å². The average molecular weight is 213 g/mol. The molecular weight excluding hydrogens is 200 g/mol. The molecule has 1 aromatic carbocycles. The second-order valence-corrected chi connectivity index (χ2v) is 3.98. The fourth-order valence-electron chi connectivity index (χ4n) is 0.945. The number of rotatable bonds is 4. The molecule has 0 aliphatic rings. The topological polar surface area (TPSA) is 49.4 Å². The highest BCUT2D eigenvalue weighted by atomic mass is 32.2. The van der Waals surface area contributed by atoms with Gasteiger partial charge in [0.25, 0.3) is 0 Å². The molecule has 4 heteroatoms. The lowest BCUT2D eigenvalue weighted by Crippen LogP contribution is -2.09. The maximum Gasteiger partial charge on any atom is 0.119 e. The first-order valence-corrected chi connectivity index (χ1v) is 5.57. The van der Waals surface area contributed by atoms with E-state index in [2.05, 4.69) is 0 Å². The Balaban J connectivity index is 2.68. The van der Waals surface area contributed by atoms with Crippen molar-refractivity contribution >= 4 is 11.1 Å². The number of benzene rings is 1. The maximum atomic E-state index is 10.5. The van der Waals surface area contributed by atoms with Crippen molar-refractivity contribution in [1.29, 1.82) is 0 Å². The summed E-state index contributed by atoms with van der Waals surface area (Å²) in [5, 5.41) is 0. The lowest BCUT2D eigenvalue weighted by molar-refractivity contribution is 0.217. The molecule has 78 valence electrons. The minimum atomic E-state index is -2.16. The second kappa shape index (κ2) is 5.12. The van der Waals surface area contributed by atoms with E-state index in [0.29, 0.717) is 5.75 Å². The van der Waals surface area contributed by atoms with Gasteiger partial charge in [-0.15, -0.1) is 0 Å². The van der Waals surface area contributed by atoms with Crippen molar-refractivity contribution < 1.29 is 13.5 Å². The zero-order valence-electron chi connectivity index (χ0n) is 8.23. The van der Waals surface area contributed by atoms with Gasteiger partial charge in [-0.2, -0.15) is 0 Å².